The molecule has 0 aliphatic heterocycles. The van der Waals surface area contributed by atoms with E-state index in [1.807, 2.05) is 4.57 Å². The Labute approximate surface area is 232 Å². The maximum atomic E-state index is 16.9. The summed E-state index contributed by atoms with van der Waals surface area (Å²) < 4.78 is 38.3. The lowest BCUT2D eigenvalue weighted by molar-refractivity contribution is 0.209. The number of fused-ring (bicyclic) bond motifs is 1. The van der Waals surface area contributed by atoms with Gasteiger partial charge in [-0.3, -0.25) is 19.5 Å². The van der Waals surface area contributed by atoms with E-state index in [2.05, 4.69) is 36.5 Å². The van der Waals surface area contributed by atoms with E-state index in [1.165, 1.54) is 31.5 Å². The average molecular weight is 566 g/mol. The Kier molecular flexibility index (Phi) is 6.69. The van der Waals surface area contributed by atoms with Gasteiger partial charge in [0.2, 0.25) is 11.6 Å². The van der Waals surface area contributed by atoms with Gasteiger partial charge in [-0.1, -0.05) is 36.5 Å². The van der Waals surface area contributed by atoms with Gasteiger partial charge in [0, 0.05) is 30.7 Å². The van der Waals surface area contributed by atoms with E-state index >= 15 is 4.39 Å². The second-order valence-corrected chi connectivity index (χ2v) is 11.0. The van der Waals surface area contributed by atoms with Crippen LogP contribution in [-0.4, -0.2) is 34.6 Å². The van der Waals surface area contributed by atoms with E-state index in [-0.39, 0.29) is 29.0 Å². The maximum absolute atomic E-state index is 16.9. The van der Waals surface area contributed by atoms with Crippen molar-refractivity contribution in [3.05, 3.63) is 75.6 Å². The first kappa shape index (κ1) is 26.2. The maximum Gasteiger partial charge on any atom is 0.439 e. The van der Waals surface area contributed by atoms with E-state index in [0.717, 1.165) is 25.7 Å². The number of rotatable bonds is 6. The summed E-state index contributed by atoms with van der Waals surface area (Å²) in [6.07, 6.45) is 8.57. The molecule has 1 fully saturated rings. The summed E-state index contributed by atoms with van der Waals surface area (Å²) in [5, 5.41) is 4.11. The van der Waals surface area contributed by atoms with Gasteiger partial charge in [0.1, 0.15) is 17.2 Å². The molecule has 0 radical (unpaired) electrons. The summed E-state index contributed by atoms with van der Waals surface area (Å²) in [6, 6.07) is 5.89. The number of nitrogens with one attached hydrogen (secondary N) is 1. The summed E-state index contributed by atoms with van der Waals surface area (Å²) >= 11 is 6.29. The van der Waals surface area contributed by atoms with Crippen molar-refractivity contribution in [3.8, 4) is 22.9 Å². The van der Waals surface area contributed by atoms with Crippen molar-refractivity contribution < 1.29 is 13.3 Å². The van der Waals surface area contributed by atoms with E-state index < -0.39 is 17.2 Å². The molecule has 12 heteroatoms. The zero-order chi connectivity index (χ0) is 28.0. The van der Waals surface area contributed by atoms with Gasteiger partial charge < -0.3 is 4.57 Å². The van der Waals surface area contributed by atoms with Crippen molar-refractivity contribution in [1.29, 1.82) is 0 Å². The highest BCUT2D eigenvalue weighted by molar-refractivity contribution is 6.30. The van der Waals surface area contributed by atoms with Crippen LogP contribution >= 0.6 is 11.6 Å². The molecule has 206 valence electrons. The van der Waals surface area contributed by atoms with Crippen LogP contribution in [0.5, 0.6) is 0 Å². The second-order valence-electron chi connectivity index (χ2n) is 10.6. The third-order valence-corrected chi connectivity index (χ3v) is 7.84. The van der Waals surface area contributed by atoms with Gasteiger partial charge >= 0.3 is 5.76 Å². The molecule has 0 unspecified atom stereocenters. The first-order chi connectivity index (χ1) is 19.2. The van der Waals surface area contributed by atoms with E-state index in [4.69, 9.17) is 16.6 Å². The third-order valence-electron chi connectivity index (χ3n) is 7.64. The summed E-state index contributed by atoms with van der Waals surface area (Å²) in [5.41, 5.74) is -0.561. The lowest BCUT2D eigenvalue weighted by atomic mass is 9.83. The zero-order valence-corrected chi connectivity index (χ0v) is 22.6. The van der Waals surface area contributed by atoms with Crippen LogP contribution in [0.1, 0.15) is 50.9 Å². The van der Waals surface area contributed by atoms with Gasteiger partial charge in [-0.15, -0.1) is 0 Å². The second kappa shape index (κ2) is 10.2. The lowest BCUT2D eigenvalue weighted by Gasteiger charge is -2.29. The molecule has 1 saturated carbocycles. The predicted molar refractivity (Wildman–Crippen MR) is 145 cm³/mol. The van der Waals surface area contributed by atoms with E-state index in [9.17, 15) is 9.18 Å². The fourth-order valence-corrected chi connectivity index (χ4v) is 5.72. The fourth-order valence-electron chi connectivity index (χ4n) is 5.54. The first-order valence-corrected chi connectivity index (χ1v) is 13.5. The Hall–Kier alpha value is -3.99. The molecule has 9 nitrogen and oxygen atoms in total. The molecule has 0 aromatic carbocycles. The molecular weight excluding hydrogens is 540 g/mol. The summed E-state index contributed by atoms with van der Waals surface area (Å²) in [6.45, 7) is 4.02. The average Bonchev–Trinajstić information content (AvgIpc) is 3.53. The van der Waals surface area contributed by atoms with Crippen LogP contribution in [0.3, 0.4) is 0 Å². The van der Waals surface area contributed by atoms with Crippen molar-refractivity contribution in [2.24, 2.45) is 11.8 Å². The largest absolute Gasteiger partial charge is 0.439 e. The van der Waals surface area contributed by atoms with Crippen molar-refractivity contribution >= 4 is 22.6 Å². The van der Waals surface area contributed by atoms with Crippen molar-refractivity contribution in [3.63, 3.8) is 0 Å². The van der Waals surface area contributed by atoms with Gasteiger partial charge in [0.05, 0.1) is 21.7 Å². The monoisotopic (exact) mass is 565 g/mol. The highest BCUT2D eigenvalue weighted by Crippen LogP contribution is 2.41. The van der Waals surface area contributed by atoms with Gasteiger partial charge in [-0.2, -0.15) is 0 Å². The molecule has 1 N–H and O–H groups in total. The van der Waals surface area contributed by atoms with Crippen LogP contribution in [0, 0.1) is 17.7 Å². The van der Waals surface area contributed by atoms with Gasteiger partial charge in [0.15, 0.2) is 5.67 Å². The number of alkyl halides is 1. The van der Waals surface area contributed by atoms with Crippen LogP contribution in [0.2, 0.25) is 5.02 Å². The summed E-state index contributed by atoms with van der Waals surface area (Å²) in [4.78, 5) is 31.8. The third kappa shape index (κ3) is 4.78. The highest BCUT2D eigenvalue weighted by atomic mass is 35.5. The Morgan fingerprint density at radius 3 is 2.70 bits per heavy atom. The minimum absolute atomic E-state index is 0.0116. The SMILES string of the molecule is CC1CCC(Cn2c([C@](C)(F)c3ncccc3F)cc3nc(-c4noc(=O)[nH]4)nc(-c4cncc(Cl)c4)c32)CC1. The summed E-state index contributed by atoms with van der Waals surface area (Å²) in [7, 11) is 0. The number of aromatic amines is 1. The molecule has 1 aliphatic rings. The van der Waals surface area contributed by atoms with E-state index in [0.29, 0.717) is 39.8 Å². The van der Waals surface area contributed by atoms with Crippen molar-refractivity contribution in [2.75, 3.05) is 0 Å². The molecular formula is C28H26ClF2N7O2. The topological polar surface area (TPSA) is 115 Å². The minimum atomic E-state index is -2.31. The van der Waals surface area contributed by atoms with Crippen LogP contribution in [0.15, 0.2) is 52.2 Å². The summed E-state index contributed by atoms with van der Waals surface area (Å²) in [5.74, 6) is -0.536. The molecule has 0 amide bonds. The number of halogens is 3. The van der Waals surface area contributed by atoms with Crippen molar-refractivity contribution in [1.82, 2.24) is 34.6 Å². The normalized spacial score (nSPS) is 19.1. The number of hydrogen-bond donors (Lipinski definition) is 1. The quantitative estimate of drug-likeness (QED) is 0.265. The predicted octanol–water partition coefficient (Wildman–Crippen LogP) is 6.08. The Balaban J connectivity index is 1.64. The molecule has 5 aromatic heterocycles. The van der Waals surface area contributed by atoms with Crippen LogP contribution < -0.4 is 5.76 Å². The highest BCUT2D eigenvalue weighted by Gasteiger charge is 2.38. The molecule has 1 atom stereocenters. The number of nitrogens with zero attached hydrogens (tertiary/aromatic N) is 6. The number of hydrogen-bond acceptors (Lipinski definition) is 7. The number of H-pyrrole nitrogens is 1. The van der Waals surface area contributed by atoms with Gasteiger partial charge in [0.25, 0.3) is 0 Å². The van der Waals surface area contributed by atoms with Crippen LogP contribution in [-0.2, 0) is 12.2 Å². The van der Waals surface area contributed by atoms with Gasteiger partial charge in [-0.25, -0.2) is 23.5 Å². The molecule has 5 heterocycles. The fraction of sp³-hybridized carbons (Fsp3) is 0.357. The minimum Gasteiger partial charge on any atom is -0.338 e. The van der Waals surface area contributed by atoms with Crippen LogP contribution in [0.25, 0.3) is 33.9 Å². The zero-order valence-electron chi connectivity index (χ0n) is 21.9. The Morgan fingerprint density at radius 2 is 2.00 bits per heavy atom. The first-order valence-electron chi connectivity index (χ1n) is 13.1. The number of pyridine rings is 2. The molecule has 0 bridgehead atoms. The molecule has 1 aliphatic carbocycles. The lowest BCUT2D eigenvalue weighted by Crippen LogP contribution is -2.27. The smallest absolute Gasteiger partial charge is 0.338 e. The molecule has 6 rings (SSSR count). The van der Waals surface area contributed by atoms with Crippen LogP contribution in [0.4, 0.5) is 8.78 Å². The Bertz CT molecular complexity index is 1760. The van der Waals surface area contributed by atoms with Crippen molar-refractivity contribution in [2.45, 2.75) is 51.7 Å². The van der Waals surface area contributed by atoms with E-state index in [1.54, 1.807) is 18.3 Å². The standard InChI is InChI=1S/C28H26ClF2N7O2/c1-15-5-7-16(8-6-15)14-38-21(28(2,31)24-19(30)4-3-9-33-24)11-20-23(38)22(17-10-18(29)13-32-12-17)35-25(34-20)26-36-27(39)40-37-26/h3-4,9-13,15-16H,5-8,14H2,1-2H3,(H,36,37,39)/t15?,16?,28-/m0/s1. The molecule has 40 heavy (non-hydrogen) atoms. The molecule has 0 spiro atoms. The number of aromatic nitrogens is 7. The molecule has 0 saturated heterocycles. The van der Waals surface area contributed by atoms with Gasteiger partial charge in [-0.05, 0) is 55.9 Å². The molecule has 5 aromatic rings. The Morgan fingerprint density at radius 1 is 1.20 bits per heavy atom.